The molecule has 2 aromatic rings. The Morgan fingerprint density at radius 2 is 1.76 bits per heavy atom. The van der Waals surface area contributed by atoms with Crippen LogP contribution >= 0.6 is 0 Å². The predicted molar refractivity (Wildman–Crippen MR) is 75.9 cm³/mol. The number of hydrogen-bond acceptors (Lipinski definition) is 3. The molecule has 7 heteroatoms. The Morgan fingerprint density at radius 1 is 1.10 bits per heavy atom. The zero-order chi connectivity index (χ0) is 15.6. The highest BCUT2D eigenvalue weighted by atomic mass is 32.2. The van der Waals surface area contributed by atoms with E-state index in [4.69, 9.17) is 5.73 Å². The van der Waals surface area contributed by atoms with Gasteiger partial charge in [-0.3, -0.25) is 0 Å². The largest absolute Gasteiger partial charge is 0.398 e. The van der Waals surface area contributed by atoms with Crippen LogP contribution in [0.5, 0.6) is 0 Å². The van der Waals surface area contributed by atoms with Gasteiger partial charge in [0.15, 0.2) is 11.6 Å². The summed E-state index contributed by atoms with van der Waals surface area (Å²) < 4.78 is 51.7. The van der Waals surface area contributed by atoms with Crippen LogP contribution in [0.1, 0.15) is 5.56 Å². The topological polar surface area (TPSA) is 63.4 Å². The molecule has 0 aliphatic rings. The summed E-state index contributed by atoms with van der Waals surface area (Å²) in [6, 6.07) is 9.31. The second kappa shape index (κ2) is 5.79. The van der Waals surface area contributed by atoms with E-state index in [0.717, 1.165) is 16.4 Å². The smallest absolute Gasteiger partial charge is 0.243 e. The van der Waals surface area contributed by atoms with Crippen molar-refractivity contribution in [1.29, 1.82) is 0 Å². The minimum absolute atomic E-state index is 0.0357. The number of nitrogens with zero attached hydrogens (tertiary/aromatic N) is 1. The second-order valence-corrected chi connectivity index (χ2v) is 6.58. The van der Waals surface area contributed by atoms with Gasteiger partial charge in [0, 0.05) is 19.3 Å². The van der Waals surface area contributed by atoms with E-state index in [1.54, 1.807) is 24.3 Å². The number of anilines is 1. The lowest BCUT2D eigenvalue weighted by Crippen LogP contribution is -2.27. The zero-order valence-corrected chi connectivity index (χ0v) is 12.1. The number of sulfonamides is 1. The second-order valence-electron chi connectivity index (χ2n) is 4.54. The number of benzene rings is 2. The van der Waals surface area contributed by atoms with Crippen LogP contribution in [0, 0.1) is 11.6 Å². The van der Waals surface area contributed by atoms with Crippen LogP contribution in [0.3, 0.4) is 0 Å². The zero-order valence-electron chi connectivity index (χ0n) is 11.3. The highest BCUT2D eigenvalue weighted by Crippen LogP contribution is 2.21. The average Bonchev–Trinajstić information content (AvgIpc) is 2.44. The van der Waals surface area contributed by atoms with Crippen molar-refractivity contribution in [3.8, 4) is 0 Å². The molecular weight excluding hydrogens is 298 g/mol. The third kappa shape index (κ3) is 3.20. The number of halogens is 2. The summed E-state index contributed by atoms with van der Waals surface area (Å²) >= 11 is 0. The summed E-state index contributed by atoms with van der Waals surface area (Å²) in [5.41, 5.74) is 6.86. The fourth-order valence-corrected chi connectivity index (χ4v) is 2.98. The first-order chi connectivity index (χ1) is 9.82. The minimum atomic E-state index is -3.92. The Labute approximate surface area is 121 Å². The van der Waals surface area contributed by atoms with Crippen molar-refractivity contribution in [3.63, 3.8) is 0 Å². The van der Waals surface area contributed by atoms with Crippen LogP contribution in [-0.2, 0) is 16.6 Å². The first-order valence-electron chi connectivity index (χ1n) is 6.07. The summed E-state index contributed by atoms with van der Waals surface area (Å²) in [5, 5.41) is 0. The maximum atomic E-state index is 13.2. The molecule has 112 valence electrons. The monoisotopic (exact) mass is 312 g/mol. The molecule has 2 N–H and O–H groups in total. The summed E-state index contributed by atoms with van der Waals surface area (Å²) in [6.45, 7) is 0.0357. The molecule has 0 bridgehead atoms. The van der Waals surface area contributed by atoms with Crippen molar-refractivity contribution >= 4 is 15.7 Å². The van der Waals surface area contributed by atoms with Gasteiger partial charge in [-0.05, 0) is 29.8 Å². The fourth-order valence-electron chi connectivity index (χ4n) is 1.82. The standard InChI is InChI=1S/C14H14F2N2O2S/c1-18(9-10-4-2-3-5-14(10)17)21(19,20)11-6-7-12(15)13(16)8-11/h2-8H,9,17H2,1H3. The normalized spacial score (nSPS) is 11.8. The SMILES string of the molecule is CN(Cc1ccccc1N)S(=O)(=O)c1ccc(F)c(F)c1. The van der Waals surface area contributed by atoms with E-state index in [9.17, 15) is 17.2 Å². The van der Waals surface area contributed by atoms with Gasteiger partial charge in [-0.1, -0.05) is 18.2 Å². The number of para-hydroxylation sites is 1. The molecule has 0 aromatic heterocycles. The van der Waals surface area contributed by atoms with E-state index in [0.29, 0.717) is 17.3 Å². The number of rotatable bonds is 4. The van der Waals surface area contributed by atoms with Crippen molar-refractivity contribution in [2.24, 2.45) is 0 Å². The molecule has 0 heterocycles. The van der Waals surface area contributed by atoms with Crippen molar-refractivity contribution in [2.75, 3.05) is 12.8 Å². The first-order valence-corrected chi connectivity index (χ1v) is 7.51. The summed E-state index contributed by atoms with van der Waals surface area (Å²) in [6.07, 6.45) is 0. The Balaban J connectivity index is 2.30. The van der Waals surface area contributed by atoms with Crippen LogP contribution in [-0.4, -0.2) is 19.8 Å². The molecule has 0 amide bonds. The Bertz CT molecular complexity index is 763. The van der Waals surface area contributed by atoms with E-state index in [-0.39, 0.29) is 11.4 Å². The number of nitrogen functional groups attached to an aromatic ring is 1. The van der Waals surface area contributed by atoms with Crippen LogP contribution in [0.2, 0.25) is 0 Å². The van der Waals surface area contributed by atoms with Gasteiger partial charge in [0.2, 0.25) is 10.0 Å². The molecule has 21 heavy (non-hydrogen) atoms. The molecule has 0 spiro atoms. The van der Waals surface area contributed by atoms with Gasteiger partial charge < -0.3 is 5.73 Å². The molecule has 0 unspecified atom stereocenters. The quantitative estimate of drug-likeness (QED) is 0.882. The molecule has 0 atom stereocenters. The molecule has 2 aromatic carbocycles. The van der Waals surface area contributed by atoms with Crippen molar-refractivity contribution in [1.82, 2.24) is 4.31 Å². The number of nitrogens with two attached hydrogens (primary N) is 1. The Hall–Kier alpha value is -1.99. The number of hydrogen-bond donors (Lipinski definition) is 1. The predicted octanol–water partition coefficient (Wildman–Crippen LogP) is 2.37. The summed E-state index contributed by atoms with van der Waals surface area (Å²) in [7, 11) is -2.57. The fraction of sp³-hybridized carbons (Fsp3) is 0.143. The minimum Gasteiger partial charge on any atom is -0.398 e. The summed E-state index contributed by atoms with van der Waals surface area (Å²) in [4.78, 5) is -0.307. The molecule has 0 fully saturated rings. The lowest BCUT2D eigenvalue weighted by Gasteiger charge is -2.18. The van der Waals surface area contributed by atoms with E-state index in [1.807, 2.05) is 0 Å². The van der Waals surface area contributed by atoms with Crippen molar-refractivity contribution in [3.05, 3.63) is 59.7 Å². The molecule has 0 aliphatic heterocycles. The Morgan fingerprint density at radius 3 is 2.38 bits per heavy atom. The van der Waals surface area contributed by atoms with Crippen LogP contribution in [0.15, 0.2) is 47.4 Å². The van der Waals surface area contributed by atoms with Gasteiger partial charge >= 0.3 is 0 Å². The first kappa shape index (κ1) is 15.4. The van der Waals surface area contributed by atoms with Gasteiger partial charge in [0.1, 0.15) is 0 Å². The van der Waals surface area contributed by atoms with Gasteiger partial charge in [-0.25, -0.2) is 17.2 Å². The third-order valence-electron chi connectivity index (χ3n) is 3.05. The van der Waals surface area contributed by atoms with Crippen molar-refractivity contribution in [2.45, 2.75) is 11.4 Å². The molecule has 0 saturated carbocycles. The molecule has 0 radical (unpaired) electrons. The van der Waals surface area contributed by atoms with Crippen LogP contribution < -0.4 is 5.73 Å². The highest BCUT2D eigenvalue weighted by Gasteiger charge is 2.22. The third-order valence-corrected chi connectivity index (χ3v) is 4.85. The van der Waals surface area contributed by atoms with Gasteiger partial charge in [0.25, 0.3) is 0 Å². The molecular formula is C14H14F2N2O2S. The van der Waals surface area contributed by atoms with Gasteiger partial charge in [-0.2, -0.15) is 4.31 Å². The van der Waals surface area contributed by atoms with Crippen LogP contribution in [0.25, 0.3) is 0 Å². The molecule has 0 aliphatic carbocycles. The van der Waals surface area contributed by atoms with Gasteiger partial charge in [-0.15, -0.1) is 0 Å². The van der Waals surface area contributed by atoms with E-state index < -0.39 is 21.7 Å². The summed E-state index contributed by atoms with van der Waals surface area (Å²) in [5.74, 6) is -2.30. The van der Waals surface area contributed by atoms with E-state index in [2.05, 4.69) is 0 Å². The van der Waals surface area contributed by atoms with E-state index in [1.165, 1.54) is 7.05 Å². The van der Waals surface area contributed by atoms with E-state index >= 15 is 0 Å². The van der Waals surface area contributed by atoms with Gasteiger partial charge in [0.05, 0.1) is 4.90 Å². The van der Waals surface area contributed by atoms with Crippen LogP contribution in [0.4, 0.5) is 14.5 Å². The lowest BCUT2D eigenvalue weighted by atomic mass is 10.2. The maximum absolute atomic E-state index is 13.2. The van der Waals surface area contributed by atoms with Crippen molar-refractivity contribution < 1.29 is 17.2 Å². The maximum Gasteiger partial charge on any atom is 0.243 e. The molecule has 2 rings (SSSR count). The Kier molecular flexibility index (Phi) is 4.24. The molecule has 0 saturated heterocycles. The average molecular weight is 312 g/mol. The molecule has 4 nitrogen and oxygen atoms in total. The highest BCUT2D eigenvalue weighted by molar-refractivity contribution is 7.89. The lowest BCUT2D eigenvalue weighted by molar-refractivity contribution is 0.464.